The van der Waals surface area contributed by atoms with Gasteiger partial charge in [-0.15, -0.1) is 0 Å². The van der Waals surface area contributed by atoms with Crippen molar-refractivity contribution in [2.24, 2.45) is 5.84 Å². The van der Waals surface area contributed by atoms with Crippen molar-refractivity contribution in [3.63, 3.8) is 0 Å². The highest BCUT2D eigenvalue weighted by atomic mass is 127. The topological polar surface area (TPSA) is 82.2 Å². The molecule has 1 heterocycles. The lowest BCUT2D eigenvalue weighted by atomic mass is 10.2. The van der Waals surface area contributed by atoms with Crippen LogP contribution in [0.15, 0.2) is 36.7 Å². The summed E-state index contributed by atoms with van der Waals surface area (Å²) < 4.78 is 8.46. The molecule has 1 aromatic carbocycles. The molecule has 0 radical (unpaired) electrons. The average molecular weight is 372 g/mol. The number of amides is 1. The molecule has 0 aliphatic rings. The summed E-state index contributed by atoms with van der Waals surface area (Å²) in [5.74, 6) is 5.37. The first-order chi connectivity index (χ1) is 9.19. The van der Waals surface area contributed by atoms with Crippen LogP contribution in [0.25, 0.3) is 0 Å². The summed E-state index contributed by atoms with van der Waals surface area (Å²) in [7, 11) is 0. The molecule has 0 bridgehead atoms. The molecule has 0 aliphatic carbocycles. The number of hydrazine groups is 1. The van der Waals surface area contributed by atoms with E-state index >= 15 is 0 Å². The molecule has 0 unspecified atom stereocenters. The maximum Gasteiger partial charge on any atom is 0.265 e. The Balaban J connectivity index is 1.90. The monoisotopic (exact) mass is 372 g/mol. The predicted molar refractivity (Wildman–Crippen MR) is 78.5 cm³/mol. The van der Waals surface area contributed by atoms with Crippen molar-refractivity contribution in [3.05, 3.63) is 45.8 Å². The maximum absolute atomic E-state index is 11.4. The highest BCUT2D eigenvalue weighted by Gasteiger charge is 2.04. The number of nitrogen functional groups attached to an aromatic ring is 1. The van der Waals surface area contributed by atoms with Crippen molar-refractivity contribution < 1.29 is 9.53 Å². The summed E-state index contributed by atoms with van der Waals surface area (Å²) in [6, 6.07) is 6.86. The van der Waals surface area contributed by atoms with E-state index in [2.05, 4.69) is 33.1 Å². The molecular formula is C12H13IN4O2. The lowest BCUT2D eigenvalue weighted by molar-refractivity contribution is 0.0953. The summed E-state index contributed by atoms with van der Waals surface area (Å²) in [6.45, 7) is 1.13. The van der Waals surface area contributed by atoms with E-state index < -0.39 is 0 Å². The molecule has 0 fully saturated rings. The van der Waals surface area contributed by atoms with Crippen molar-refractivity contribution in [2.75, 3.05) is 6.61 Å². The number of benzene rings is 1. The molecule has 0 saturated heterocycles. The second-order valence-electron chi connectivity index (χ2n) is 3.77. The van der Waals surface area contributed by atoms with Gasteiger partial charge >= 0.3 is 0 Å². The SMILES string of the molecule is NNC(=O)c1cccc(OCCn2cc(I)cn2)c1. The molecule has 7 heteroatoms. The van der Waals surface area contributed by atoms with Crippen LogP contribution in [0.5, 0.6) is 5.75 Å². The highest BCUT2D eigenvalue weighted by molar-refractivity contribution is 14.1. The van der Waals surface area contributed by atoms with Gasteiger partial charge in [0.2, 0.25) is 0 Å². The van der Waals surface area contributed by atoms with E-state index in [4.69, 9.17) is 10.6 Å². The third kappa shape index (κ3) is 3.93. The van der Waals surface area contributed by atoms with Gasteiger partial charge in [0.15, 0.2) is 0 Å². The third-order valence-electron chi connectivity index (χ3n) is 2.42. The number of nitrogens with one attached hydrogen (secondary N) is 1. The summed E-state index contributed by atoms with van der Waals surface area (Å²) in [5, 5.41) is 4.15. The molecule has 3 N–H and O–H groups in total. The Morgan fingerprint density at radius 1 is 1.53 bits per heavy atom. The number of rotatable bonds is 5. The molecule has 19 heavy (non-hydrogen) atoms. The van der Waals surface area contributed by atoms with Gasteiger partial charge in [0.25, 0.3) is 5.91 Å². The van der Waals surface area contributed by atoms with Crippen LogP contribution in [-0.2, 0) is 6.54 Å². The zero-order chi connectivity index (χ0) is 13.7. The van der Waals surface area contributed by atoms with Gasteiger partial charge in [-0.25, -0.2) is 5.84 Å². The zero-order valence-electron chi connectivity index (χ0n) is 10.0. The van der Waals surface area contributed by atoms with Crippen molar-refractivity contribution in [1.82, 2.24) is 15.2 Å². The number of carbonyl (C=O) groups excluding carboxylic acids is 1. The normalized spacial score (nSPS) is 10.2. The third-order valence-corrected chi connectivity index (χ3v) is 2.98. The number of nitrogens with two attached hydrogens (primary N) is 1. The number of hydrogen-bond acceptors (Lipinski definition) is 4. The number of halogens is 1. The lowest BCUT2D eigenvalue weighted by Crippen LogP contribution is -2.29. The molecular weight excluding hydrogens is 359 g/mol. The molecule has 2 aromatic rings. The fourth-order valence-corrected chi connectivity index (χ4v) is 1.97. The van der Waals surface area contributed by atoms with Crippen LogP contribution in [0.4, 0.5) is 0 Å². The molecule has 2 rings (SSSR count). The van der Waals surface area contributed by atoms with E-state index in [0.29, 0.717) is 24.5 Å². The van der Waals surface area contributed by atoms with Crippen LogP contribution in [0.2, 0.25) is 0 Å². The number of hydrogen-bond donors (Lipinski definition) is 2. The van der Waals surface area contributed by atoms with Gasteiger partial charge in [-0.2, -0.15) is 5.10 Å². The molecule has 1 amide bonds. The van der Waals surface area contributed by atoms with Gasteiger partial charge in [-0.1, -0.05) is 6.07 Å². The van der Waals surface area contributed by atoms with Crippen molar-refractivity contribution in [2.45, 2.75) is 6.54 Å². The van der Waals surface area contributed by atoms with Crippen LogP contribution in [-0.4, -0.2) is 22.3 Å². The zero-order valence-corrected chi connectivity index (χ0v) is 12.2. The molecule has 0 atom stereocenters. The number of ether oxygens (including phenoxy) is 1. The molecule has 0 spiro atoms. The van der Waals surface area contributed by atoms with Crippen LogP contribution in [0, 0.1) is 3.57 Å². The van der Waals surface area contributed by atoms with Gasteiger partial charge in [-0.3, -0.25) is 14.9 Å². The molecule has 0 saturated carbocycles. The quantitative estimate of drug-likeness (QED) is 0.357. The number of carbonyl (C=O) groups is 1. The van der Waals surface area contributed by atoms with Crippen LogP contribution >= 0.6 is 22.6 Å². The predicted octanol–water partition coefficient (Wildman–Crippen LogP) is 1.17. The van der Waals surface area contributed by atoms with Gasteiger partial charge in [-0.05, 0) is 40.8 Å². The molecule has 0 aliphatic heterocycles. The van der Waals surface area contributed by atoms with E-state index in [-0.39, 0.29) is 5.91 Å². The van der Waals surface area contributed by atoms with E-state index in [1.165, 1.54) is 0 Å². The van der Waals surface area contributed by atoms with Crippen molar-refractivity contribution in [3.8, 4) is 5.75 Å². The Labute approximate surface area is 124 Å². The Bertz CT molecular complexity index is 570. The fraction of sp³-hybridized carbons (Fsp3) is 0.167. The summed E-state index contributed by atoms with van der Waals surface area (Å²) in [4.78, 5) is 11.4. The van der Waals surface area contributed by atoms with Crippen LogP contribution in [0.3, 0.4) is 0 Å². The number of aromatic nitrogens is 2. The second-order valence-corrected chi connectivity index (χ2v) is 5.02. The molecule has 1 aromatic heterocycles. The van der Waals surface area contributed by atoms with Crippen LogP contribution < -0.4 is 16.0 Å². The largest absolute Gasteiger partial charge is 0.492 e. The minimum Gasteiger partial charge on any atom is -0.492 e. The minimum absolute atomic E-state index is 0.341. The summed E-state index contributed by atoms with van der Waals surface area (Å²) in [5.41, 5.74) is 2.55. The van der Waals surface area contributed by atoms with Gasteiger partial charge in [0.1, 0.15) is 12.4 Å². The minimum atomic E-state index is -0.341. The highest BCUT2D eigenvalue weighted by Crippen LogP contribution is 2.13. The number of nitrogens with zero attached hydrogens (tertiary/aromatic N) is 2. The molecule has 6 nitrogen and oxygen atoms in total. The Morgan fingerprint density at radius 3 is 3.05 bits per heavy atom. The standard InChI is InChI=1S/C12H13IN4O2/c13-10-7-15-17(8-10)4-5-19-11-3-1-2-9(6-11)12(18)16-14/h1-3,6-8H,4-5,14H2,(H,16,18). The fourth-order valence-electron chi connectivity index (χ4n) is 1.53. The summed E-state index contributed by atoms with van der Waals surface area (Å²) in [6.07, 6.45) is 3.72. The second kappa shape index (κ2) is 6.53. The molecule has 100 valence electrons. The lowest BCUT2D eigenvalue weighted by Gasteiger charge is -2.07. The van der Waals surface area contributed by atoms with E-state index in [9.17, 15) is 4.79 Å². The average Bonchev–Trinajstić information content (AvgIpc) is 2.84. The Hall–Kier alpha value is -1.61. The Morgan fingerprint density at radius 2 is 2.37 bits per heavy atom. The van der Waals surface area contributed by atoms with E-state index in [1.807, 2.05) is 6.20 Å². The van der Waals surface area contributed by atoms with Gasteiger partial charge in [0, 0.05) is 11.8 Å². The van der Waals surface area contributed by atoms with Gasteiger partial charge < -0.3 is 4.74 Å². The first-order valence-corrected chi connectivity index (χ1v) is 6.68. The van der Waals surface area contributed by atoms with Gasteiger partial charge in [0.05, 0.1) is 16.3 Å². The maximum atomic E-state index is 11.4. The Kier molecular flexibility index (Phi) is 4.74. The first kappa shape index (κ1) is 13.8. The first-order valence-electron chi connectivity index (χ1n) is 5.61. The van der Waals surface area contributed by atoms with E-state index in [1.54, 1.807) is 35.1 Å². The smallest absolute Gasteiger partial charge is 0.265 e. The van der Waals surface area contributed by atoms with Crippen molar-refractivity contribution >= 4 is 28.5 Å². The van der Waals surface area contributed by atoms with Crippen LogP contribution in [0.1, 0.15) is 10.4 Å². The van der Waals surface area contributed by atoms with Crippen molar-refractivity contribution in [1.29, 1.82) is 0 Å². The summed E-state index contributed by atoms with van der Waals surface area (Å²) >= 11 is 2.20. The van der Waals surface area contributed by atoms with E-state index in [0.717, 1.165) is 3.57 Å².